The molecule has 0 saturated carbocycles. The third-order valence-electron chi connectivity index (χ3n) is 1.60. The summed E-state index contributed by atoms with van der Waals surface area (Å²) in [6.45, 7) is 0. The van der Waals surface area contributed by atoms with Crippen molar-refractivity contribution in [2.75, 3.05) is 0 Å². The summed E-state index contributed by atoms with van der Waals surface area (Å²) in [6, 6.07) is 2.90. The van der Waals surface area contributed by atoms with E-state index in [0.717, 1.165) is 6.39 Å². The molecule has 2 aromatic rings. The van der Waals surface area contributed by atoms with E-state index in [9.17, 15) is 4.39 Å². The highest BCUT2D eigenvalue weighted by Gasteiger charge is 2.13. The lowest BCUT2D eigenvalue weighted by atomic mass is 10.2. The normalized spacial score (nSPS) is 10.5. The Bertz CT molecular complexity index is 461. The second-order valence-electron chi connectivity index (χ2n) is 2.50. The molecule has 0 aliphatic rings. The molecule has 0 saturated heterocycles. The zero-order chi connectivity index (χ0) is 10.1. The van der Waals surface area contributed by atoms with Crippen molar-refractivity contribution in [3.8, 4) is 11.4 Å². The monoisotopic (exact) mass is 276 g/mol. The van der Waals surface area contributed by atoms with Crippen LogP contribution >= 0.6 is 27.5 Å². The second-order valence-corrected chi connectivity index (χ2v) is 3.79. The maximum Gasteiger partial charge on any atom is 0.214 e. The van der Waals surface area contributed by atoms with Gasteiger partial charge in [-0.25, -0.2) is 4.39 Å². The SMILES string of the molecule is Fc1c(Br)cc(Cl)cc1-c1ncon1. The lowest BCUT2D eigenvalue weighted by Gasteiger charge is -2.00. The molecule has 0 spiro atoms. The molecule has 0 atom stereocenters. The molecule has 1 aromatic heterocycles. The second kappa shape index (κ2) is 3.67. The summed E-state index contributed by atoms with van der Waals surface area (Å²) >= 11 is 8.79. The van der Waals surface area contributed by atoms with E-state index in [0.29, 0.717) is 5.02 Å². The van der Waals surface area contributed by atoms with Gasteiger partial charge in [0.2, 0.25) is 12.2 Å². The first-order valence-corrected chi connectivity index (χ1v) is 4.77. The topological polar surface area (TPSA) is 38.9 Å². The van der Waals surface area contributed by atoms with Crippen LogP contribution in [0.1, 0.15) is 0 Å². The van der Waals surface area contributed by atoms with Crippen molar-refractivity contribution >= 4 is 27.5 Å². The molecular formula is C8H3BrClFN2O. The summed E-state index contributed by atoms with van der Waals surface area (Å²) in [5.41, 5.74) is 0.207. The number of hydrogen-bond acceptors (Lipinski definition) is 3. The highest BCUT2D eigenvalue weighted by molar-refractivity contribution is 9.10. The van der Waals surface area contributed by atoms with Crippen molar-refractivity contribution in [3.05, 3.63) is 33.8 Å². The van der Waals surface area contributed by atoms with Crippen molar-refractivity contribution < 1.29 is 8.91 Å². The first-order chi connectivity index (χ1) is 6.68. The molecule has 72 valence electrons. The molecule has 6 heteroatoms. The van der Waals surface area contributed by atoms with Gasteiger partial charge in [0.1, 0.15) is 5.82 Å². The van der Waals surface area contributed by atoms with Gasteiger partial charge in [0.05, 0.1) is 10.0 Å². The Labute approximate surface area is 92.0 Å². The van der Waals surface area contributed by atoms with Crippen LogP contribution in [0.15, 0.2) is 27.5 Å². The van der Waals surface area contributed by atoms with Crippen molar-refractivity contribution in [2.45, 2.75) is 0 Å². The number of rotatable bonds is 1. The summed E-state index contributed by atoms with van der Waals surface area (Å²) in [7, 11) is 0. The van der Waals surface area contributed by atoms with E-state index in [2.05, 4.69) is 30.6 Å². The Morgan fingerprint density at radius 1 is 1.43 bits per heavy atom. The fraction of sp³-hybridized carbons (Fsp3) is 0. The smallest absolute Gasteiger partial charge is 0.214 e. The van der Waals surface area contributed by atoms with Crippen LogP contribution in [-0.2, 0) is 0 Å². The average molecular weight is 277 g/mol. The van der Waals surface area contributed by atoms with Crippen molar-refractivity contribution in [3.63, 3.8) is 0 Å². The molecule has 0 bridgehead atoms. The van der Waals surface area contributed by atoms with E-state index in [4.69, 9.17) is 11.6 Å². The van der Waals surface area contributed by atoms with Crippen LogP contribution in [0.2, 0.25) is 5.02 Å². The van der Waals surface area contributed by atoms with Gasteiger partial charge in [-0.1, -0.05) is 16.8 Å². The standard InChI is InChI=1S/C8H3BrClFN2O/c9-6-2-4(10)1-5(7(6)11)8-12-3-14-13-8/h1-3H. The van der Waals surface area contributed by atoms with Gasteiger partial charge >= 0.3 is 0 Å². The van der Waals surface area contributed by atoms with Crippen LogP contribution in [0.4, 0.5) is 4.39 Å². The van der Waals surface area contributed by atoms with Gasteiger partial charge in [-0.3, -0.25) is 0 Å². The van der Waals surface area contributed by atoms with Crippen LogP contribution in [0.25, 0.3) is 11.4 Å². The van der Waals surface area contributed by atoms with E-state index in [1.165, 1.54) is 12.1 Å². The molecular weight excluding hydrogens is 274 g/mol. The molecule has 2 rings (SSSR count). The molecule has 14 heavy (non-hydrogen) atoms. The lowest BCUT2D eigenvalue weighted by Crippen LogP contribution is -1.88. The number of benzene rings is 1. The molecule has 0 N–H and O–H groups in total. The molecule has 3 nitrogen and oxygen atoms in total. The van der Waals surface area contributed by atoms with Crippen LogP contribution in [0.5, 0.6) is 0 Å². The maximum atomic E-state index is 13.5. The predicted octanol–water partition coefficient (Wildman–Crippen LogP) is 3.29. The Morgan fingerprint density at radius 2 is 2.21 bits per heavy atom. The average Bonchev–Trinajstić information content (AvgIpc) is 2.63. The van der Waals surface area contributed by atoms with Crippen LogP contribution < -0.4 is 0 Å². The highest BCUT2D eigenvalue weighted by atomic mass is 79.9. The summed E-state index contributed by atoms with van der Waals surface area (Å²) in [5.74, 6) is -0.290. The molecule has 1 heterocycles. The first-order valence-electron chi connectivity index (χ1n) is 3.60. The van der Waals surface area contributed by atoms with Gasteiger partial charge in [0, 0.05) is 5.02 Å². The minimum absolute atomic E-state index is 0.172. The molecule has 0 unspecified atom stereocenters. The van der Waals surface area contributed by atoms with Gasteiger partial charge in [-0.05, 0) is 28.1 Å². The largest absolute Gasteiger partial charge is 0.342 e. The van der Waals surface area contributed by atoms with Gasteiger partial charge in [-0.15, -0.1) is 0 Å². The van der Waals surface area contributed by atoms with Crippen molar-refractivity contribution in [2.24, 2.45) is 0 Å². The van der Waals surface area contributed by atoms with Gasteiger partial charge < -0.3 is 4.52 Å². The Hall–Kier alpha value is -0.940. The molecule has 0 aliphatic heterocycles. The quantitative estimate of drug-likeness (QED) is 0.751. The number of aromatic nitrogens is 2. The molecule has 0 radical (unpaired) electrons. The summed E-state index contributed by atoms with van der Waals surface area (Å²) < 4.78 is 18.3. The first kappa shape index (κ1) is 9.61. The Morgan fingerprint density at radius 3 is 2.86 bits per heavy atom. The molecule has 1 aromatic carbocycles. The van der Waals surface area contributed by atoms with E-state index >= 15 is 0 Å². The van der Waals surface area contributed by atoms with Crippen LogP contribution in [0, 0.1) is 5.82 Å². The molecule has 0 amide bonds. The minimum Gasteiger partial charge on any atom is -0.342 e. The van der Waals surface area contributed by atoms with E-state index in [1.807, 2.05) is 0 Å². The van der Waals surface area contributed by atoms with Crippen LogP contribution in [0.3, 0.4) is 0 Å². The minimum atomic E-state index is -0.462. The van der Waals surface area contributed by atoms with E-state index < -0.39 is 5.82 Å². The predicted molar refractivity (Wildman–Crippen MR) is 52.4 cm³/mol. The van der Waals surface area contributed by atoms with Crippen molar-refractivity contribution in [1.82, 2.24) is 10.1 Å². The van der Waals surface area contributed by atoms with E-state index in [-0.39, 0.29) is 15.9 Å². The summed E-state index contributed by atoms with van der Waals surface area (Å²) in [4.78, 5) is 3.73. The lowest BCUT2D eigenvalue weighted by molar-refractivity contribution is 0.418. The zero-order valence-corrected chi connectivity index (χ0v) is 9.01. The van der Waals surface area contributed by atoms with Crippen LogP contribution in [-0.4, -0.2) is 10.1 Å². The fourth-order valence-electron chi connectivity index (χ4n) is 1.01. The number of nitrogens with zero attached hydrogens (tertiary/aromatic N) is 2. The molecule has 0 fully saturated rings. The zero-order valence-electron chi connectivity index (χ0n) is 6.67. The molecule has 0 aliphatic carbocycles. The van der Waals surface area contributed by atoms with Crippen molar-refractivity contribution in [1.29, 1.82) is 0 Å². The number of hydrogen-bond donors (Lipinski definition) is 0. The third-order valence-corrected chi connectivity index (χ3v) is 2.39. The number of halogens is 3. The third kappa shape index (κ3) is 1.65. The van der Waals surface area contributed by atoms with E-state index in [1.54, 1.807) is 0 Å². The van der Waals surface area contributed by atoms with Gasteiger partial charge in [0.25, 0.3) is 0 Å². The summed E-state index contributed by atoms with van der Waals surface area (Å²) in [5, 5.41) is 3.92. The summed E-state index contributed by atoms with van der Waals surface area (Å²) in [6.07, 6.45) is 1.13. The van der Waals surface area contributed by atoms with Gasteiger partial charge in [-0.2, -0.15) is 4.98 Å². The Kier molecular flexibility index (Phi) is 2.52. The maximum absolute atomic E-state index is 13.5. The fourth-order valence-corrected chi connectivity index (χ4v) is 1.82. The van der Waals surface area contributed by atoms with Gasteiger partial charge in [0.15, 0.2) is 0 Å². The highest BCUT2D eigenvalue weighted by Crippen LogP contribution is 2.29. The Balaban J connectivity index is 2.64.